The maximum absolute atomic E-state index is 12.6. The SMILES string of the molecule is CCc1ccc(C(=O)N2CCN(C(=O)C3(O)CCCC3)CC2)cc1. The van der Waals surface area contributed by atoms with Gasteiger partial charge in [-0.25, -0.2) is 0 Å². The van der Waals surface area contributed by atoms with Gasteiger partial charge in [0.1, 0.15) is 5.60 Å². The van der Waals surface area contributed by atoms with Crippen LogP contribution in [0.3, 0.4) is 0 Å². The molecule has 1 N–H and O–H groups in total. The third-order valence-corrected chi connectivity index (χ3v) is 5.29. The van der Waals surface area contributed by atoms with Crippen LogP contribution in [0.15, 0.2) is 24.3 Å². The highest BCUT2D eigenvalue weighted by molar-refractivity contribution is 5.94. The maximum atomic E-state index is 12.6. The minimum absolute atomic E-state index is 0.0179. The van der Waals surface area contributed by atoms with Crippen molar-refractivity contribution in [1.82, 2.24) is 9.80 Å². The van der Waals surface area contributed by atoms with Crippen LogP contribution in [0.2, 0.25) is 0 Å². The molecule has 5 nitrogen and oxygen atoms in total. The molecule has 0 atom stereocenters. The van der Waals surface area contributed by atoms with Crippen LogP contribution in [-0.4, -0.2) is 58.5 Å². The fourth-order valence-corrected chi connectivity index (χ4v) is 3.65. The van der Waals surface area contributed by atoms with Crippen molar-refractivity contribution in [1.29, 1.82) is 0 Å². The summed E-state index contributed by atoms with van der Waals surface area (Å²) in [6.45, 7) is 4.14. The Morgan fingerprint density at radius 3 is 2.08 bits per heavy atom. The van der Waals surface area contributed by atoms with Crippen molar-refractivity contribution < 1.29 is 14.7 Å². The van der Waals surface area contributed by atoms with Crippen LogP contribution in [0.5, 0.6) is 0 Å². The molecule has 1 saturated carbocycles. The predicted octanol–water partition coefficient (Wildman–Crippen LogP) is 1.84. The van der Waals surface area contributed by atoms with Gasteiger partial charge in [0, 0.05) is 31.7 Å². The van der Waals surface area contributed by atoms with E-state index in [0.717, 1.165) is 19.3 Å². The van der Waals surface area contributed by atoms with Crippen LogP contribution < -0.4 is 0 Å². The number of benzene rings is 1. The molecule has 24 heavy (non-hydrogen) atoms. The topological polar surface area (TPSA) is 60.9 Å². The minimum Gasteiger partial charge on any atom is -0.380 e. The van der Waals surface area contributed by atoms with Gasteiger partial charge in [0.15, 0.2) is 0 Å². The van der Waals surface area contributed by atoms with E-state index in [1.807, 2.05) is 24.3 Å². The highest BCUT2D eigenvalue weighted by Gasteiger charge is 2.42. The van der Waals surface area contributed by atoms with Crippen LogP contribution in [0, 0.1) is 0 Å². The largest absolute Gasteiger partial charge is 0.380 e. The van der Waals surface area contributed by atoms with E-state index in [2.05, 4.69) is 6.92 Å². The zero-order valence-electron chi connectivity index (χ0n) is 14.3. The molecule has 2 fully saturated rings. The van der Waals surface area contributed by atoms with E-state index >= 15 is 0 Å². The third-order valence-electron chi connectivity index (χ3n) is 5.29. The lowest BCUT2D eigenvalue weighted by atomic mass is 10.00. The van der Waals surface area contributed by atoms with Gasteiger partial charge in [-0.05, 0) is 49.8 Å². The predicted molar refractivity (Wildman–Crippen MR) is 91.7 cm³/mol. The maximum Gasteiger partial charge on any atom is 0.254 e. The Kier molecular flexibility index (Phi) is 4.90. The van der Waals surface area contributed by atoms with E-state index in [9.17, 15) is 14.7 Å². The van der Waals surface area contributed by atoms with E-state index in [1.165, 1.54) is 5.56 Å². The van der Waals surface area contributed by atoms with Crippen LogP contribution in [0.4, 0.5) is 0 Å². The first-order chi connectivity index (χ1) is 11.5. The number of hydrogen-bond acceptors (Lipinski definition) is 3. The number of carbonyl (C=O) groups excluding carboxylic acids is 2. The number of amides is 2. The lowest BCUT2D eigenvalue weighted by Gasteiger charge is -2.38. The lowest BCUT2D eigenvalue weighted by molar-refractivity contribution is -0.152. The molecule has 130 valence electrons. The fourth-order valence-electron chi connectivity index (χ4n) is 3.65. The van der Waals surface area contributed by atoms with Crippen LogP contribution in [-0.2, 0) is 11.2 Å². The number of piperazine rings is 1. The molecule has 2 aliphatic rings. The number of carbonyl (C=O) groups is 2. The molecule has 1 heterocycles. The molecular weight excluding hydrogens is 304 g/mol. The Bertz CT molecular complexity index is 598. The number of aliphatic hydroxyl groups is 1. The van der Waals surface area contributed by atoms with E-state index in [0.29, 0.717) is 44.6 Å². The highest BCUT2D eigenvalue weighted by atomic mass is 16.3. The van der Waals surface area contributed by atoms with Gasteiger partial charge in [-0.15, -0.1) is 0 Å². The molecule has 0 bridgehead atoms. The molecule has 3 rings (SSSR count). The zero-order valence-corrected chi connectivity index (χ0v) is 14.3. The molecule has 0 spiro atoms. The summed E-state index contributed by atoms with van der Waals surface area (Å²) in [6.07, 6.45) is 3.91. The number of hydrogen-bond donors (Lipinski definition) is 1. The van der Waals surface area contributed by atoms with Gasteiger partial charge in [0.25, 0.3) is 11.8 Å². The first kappa shape index (κ1) is 17.0. The molecule has 0 unspecified atom stereocenters. The summed E-state index contributed by atoms with van der Waals surface area (Å²) < 4.78 is 0. The van der Waals surface area contributed by atoms with E-state index in [1.54, 1.807) is 9.80 Å². The van der Waals surface area contributed by atoms with Gasteiger partial charge < -0.3 is 14.9 Å². The second-order valence-electron chi connectivity index (χ2n) is 6.87. The summed E-state index contributed by atoms with van der Waals surface area (Å²) in [5.41, 5.74) is 0.746. The normalized spacial score (nSPS) is 20.2. The minimum atomic E-state index is -1.16. The molecule has 1 aromatic carbocycles. The highest BCUT2D eigenvalue weighted by Crippen LogP contribution is 2.31. The average Bonchev–Trinajstić information content (AvgIpc) is 3.08. The zero-order chi connectivity index (χ0) is 17.2. The van der Waals surface area contributed by atoms with E-state index in [4.69, 9.17) is 0 Å². The second kappa shape index (κ2) is 6.93. The Hall–Kier alpha value is -1.88. The van der Waals surface area contributed by atoms with Crippen molar-refractivity contribution in [2.75, 3.05) is 26.2 Å². The van der Waals surface area contributed by atoms with Crippen LogP contribution in [0.25, 0.3) is 0 Å². The summed E-state index contributed by atoms with van der Waals surface area (Å²) in [7, 11) is 0. The van der Waals surface area contributed by atoms with Crippen molar-refractivity contribution in [2.24, 2.45) is 0 Å². The van der Waals surface area contributed by atoms with Gasteiger partial charge >= 0.3 is 0 Å². The summed E-state index contributed by atoms with van der Waals surface area (Å²) in [6, 6.07) is 7.73. The first-order valence-corrected chi connectivity index (χ1v) is 8.93. The van der Waals surface area contributed by atoms with Gasteiger partial charge in [-0.3, -0.25) is 9.59 Å². The Balaban J connectivity index is 1.58. The molecule has 1 aliphatic carbocycles. The molecule has 0 radical (unpaired) electrons. The Morgan fingerprint density at radius 2 is 1.54 bits per heavy atom. The number of nitrogens with zero attached hydrogens (tertiary/aromatic N) is 2. The molecule has 1 aromatic rings. The molecule has 2 amide bonds. The van der Waals surface area contributed by atoms with E-state index < -0.39 is 5.60 Å². The van der Waals surface area contributed by atoms with Crippen molar-refractivity contribution in [3.8, 4) is 0 Å². The summed E-state index contributed by atoms with van der Waals surface area (Å²) in [5.74, 6) is -0.135. The lowest BCUT2D eigenvalue weighted by Crippen LogP contribution is -2.56. The van der Waals surface area contributed by atoms with Crippen LogP contribution >= 0.6 is 0 Å². The monoisotopic (exact) mass is 330 g/mol. The number of rotatable bonds is 3. The average molecular weight is 330 g/mol. The molecule has 1 saturated heterocycles. The summed E-state index contributed by atoms with van der Waals surface area (Å²) in [4.78, 5) is 28.6. The number of aryl methyl sites for hydroxylation is 1. The quantitative estimate of drug-likeness (QED) is 0.920. The molecular formula is C19H26N2O3. The summed E-state index contributed by atoms with van der Waals surface area (Å²) in [5, 5.41) is 10.4. The Labute approximate surface area is 143 Å². The van der Waals surface area contributed by atoms with Crippen LogP contribution in [0.1, 0.15) is 48.5 Å². The van der Waals surface area contributed by atoms with E-state index in [-0.39, 0.29) is 11.8 Å². The van der Waals surface area contributed by atoms with Gasteiger partial charge in [0.05, 0.1) is 0 Å². The van der Waals surface area contributed by atoms with Gasteiger partial charge in [-0.1, -0.05) is 19.1 Å². The molecule has 0 aromatic heterocycles. The fraction of sp³-hybridized carbons (Fsp3) is 0.579. The standard InChI is InChI=1S/C19H26N2O3/c1-2-15-5-7-16(8-6-15)17(22)20-11-13-21(14-12-20)18(23)19(24)9-3-4-10-19/h5-8,24H,2-4,9-14H2,1H3. The van der Waals surface area contributed by atoms with Crippen molar-refractivity contribution in [3.05, 3.63) is 35.4 Å². The van der Waals surface area contributed by atoms with Gasteiger partial charge in [-0.2, -0.15) is 0 Å². The van der Waals surface area contributed by atoms with Crippen molar-refractivity contribution >= 4 is 11.8 Å². The van der Waals surface area contributed by atoms with Gasteiger partial charge in [0.2, 0.25) is 0 Å². The Morgan fingerprint density at radius 1 is 1.00 bits per heavy atom. The smallest absolute Gasteiger partial charge is 0.254 e. The molecule has 1 aliphatic heterocycles. The first-order valence-electron chi connectivity index (χ1n) is 8.93. The van der Waals surface area contributed by atoms with Crippen molar-refractivity contribution in [2.45, 2.75) is 44.6 Å². The third kappa shape index (κ3) is 3.31. The second-order valence-corrected chi connectivity index (χ2v) is 6.87. The van der Waals surface area contributed by atoms with Crippen molar-refractivity contribution in [3.63, 3.8) is 0 Å². The molecule has 5 heteroatoms. The summed E-state index contributed by atoms with van der Waals surface area (Å²) >= 11 is 0.